The molecule has 1 fully saturated rings. The molecule has 0 heterocycles. The van der Waals surface area contributed by atoms with E-state index in [0.29, 0.717) is 24.9 Å². The van der Waals surface area contributed by atoms with Crippen molar-refractivity contribution in [3.63, 3.8) is 0 Å². The number of hydrogen-bond donors (Lipinski definition) is 2. The van der Waals surface area contributed by atoms with E-state index in [1.807, 2.05) is 0 Å². The topological polar surface area (TPSA) is 49.3 Å². The molecule has 1 aromatic rings. The normalized spacial score (nSPS) is 21.5. The molecule has 1 aliphatic rings. The van der Waals surface area contributed by atoms with Crippen LogP contribution >= 0.6 is 0 Å². The fourth-order valence-corrected chi connectivity index (χ4v) is 2.76. The summed E-state index contributed by atoms with van der Waals surface area (Å²) < 4.78 is 26.4. The molecule has 116 valence electrons. The highest BCUT2D eigenvalue weighted by atomic mass is 19.1. The van der Waals surface area contributed by atoms with E-state index < -0.39 is 11.6 Å². The van der Waals surface area contributed by atoms with E-state index in [2.05, 4.69) is 5.32 Å². The molecule has 21 heavy (non-hydrogen) atoms. The Kier molecular flexibility index (Phi) is 5.67. The third-order valence-electron chi connectivity index (χ3n) is 4.04. The van der Waals surface area contributed by atoms with Gasteiger partial charge in [-0.05, 0) is 49.4 Å². The summed E-state index contributed by atoms with van der Waals surface area (Å²) in [7, 11) is 0. The van der Waals surface area contributed by atoms with Crippen molar-refractivity contribution in [2.24, 2.45) is 5.92 Å². The molecule has 2 atom stereocenters. The first-order chi connectivity index (χ1) is 10.1. The fraction of sp³-hybridized carbons (Fsp3) is 0.562. The molecule has 0 aromatic heterocycles. The highest BCUT2D eigenvalue weighted by molar-refractivity contribution is 5.75. The van der Waals surface area contributed by atoms with E-state index in [-0.39, 0.29) is 24.3 Å². The lowest BCUT2D eigenvalue weighted by molar-refractivity contribution is -0.121. The van der Waals surface area contributed by atoms with E-state index >= 15 is 0 Å². The maximum Gasteiger partial charge on any atom is 0.220 e. The molecule has 3 nitrogen and oxygen atoms in total. The number of aliphatic hydroxyl groups excluding tert-OH is 1. The fourth-order valence-electron chi connectivity index (χ4n) is 2.76. The number of halogens is 2. The summed E-state index contributed by atoms with van der Waals surface area (Å²) >= 11 is 0. The van der Waals surface area contributed by atoms with Crippen LogP contribution in [0.4, 0.5) is 8.78 Å². The van der Waals surface area contributed by atoms with E-state index in [9.17, 15) is 18.7 Å². The van der Waals surface area contributed by atoms with Crippen molar-refractivity contribution >= 4 is 5.91 Å². The van der Waals surface area contributed by atoms with Crippen LogP contribution in [0.1, 0.15) is 37.7 Å². The monoisotopic (exact) mass is 297 g/mol. The zero-order chi connectivity index (χ0) is 15.2. The molecule has 5 heteroatoms. The van der Waals surface area contributed by atoms with E-state index in [1.54, 1.807) is 0 Å². The molecule has 0 radical (unpaired) electrons. The average molecular weight is 297 g/mol. The lowest BCUT2D eigenvalue weighted by atomic mass is 10.1. The number of carbonyl (C=O) groups excluding carboxylic acids is 1. The van der Waals surface area contributed by atoms with Gasteiger partial charge in [0.2, 0.25) is 5.91 Å². The number of nitrogens with one attached hydrogen (secondary N) is 1. The van der Waals surface area contributed by atoms with Gasteiger partial charge in [-0.2, -0.15) is 0 Å². The molecular weight excluding hydrogens is 276 g/mol. The Bertz CT molecular complexity index is 493. The first kappa shape index (κ1) is 15.9. The molecule has 0 spiro atoms. The Balaban J connectivity index is 1.68. The van der Waals surface area contributed by atoms with Crippen molar-refractivity contribution in [2.75, 3.05) is 6.54 Å². The molecule has 0 aliphatic heterocycles. The predicted molar refractivity (Wildman–Crippen MR) is 75.7 cm³/mol. The molecule has 2 unspecified atom stereocenters. The van der Waals surface area contributed by atoms with Crippen molar-refractivity contribution in [3.8, 4) is 0 Å². The minimum Gasteiger partial charge on any atom is -0.393 e. The lowest BCUT2D eigenvalue weighted by Crippen LogP contribution is -2.32. The summed E-state index contributed by atoms with van der Waals surface area (Å²) in [5.41, 5.74) is 0.300. The maximum atomic E-state index is 13.4. The Morgan fingerprint density at radius 2 is 2.14 bits per heavy atom. The lowest BCUT2D eigenvalue weighted by Gasteiger charge is -2.15. The van der Waals surface area contributed by atoms with Gasteiger partial charge in [0.1, 0.15) is 11.6 Å². The van der Waals surface area contributed by atoms with Gasteiger partial charge in [0.05, 0.1) is 6.10 Å². The summed E-state index contributed by atoms with van der Waals surface area (Å²) in [6.07, 6.45) is 3.52. The first-order valence-electron chi connectivity index (χ1n) is 7.45. The molecule has 1 amide bonds. The highest BCUT2D eigenvalue weighted by Crippen LogP contribution is 2.24. The van der Waals surface area contributed by atoms with Crippen molar-refractivity contribution in [1.29, 1.82) is 0 Å². The van der Waals surface area contributed by atoms with Gasteiger partial charge in [-0.15, -0.1) is 0 Å². The first-order valence-corrected chi connectivity index (χ1v) is 7.45. The van der Waals surface area contributed by atoms with Crippen molar-refractivity contribution in [1.82, 2.24) is 5.32 Å². The number of aryl methyl sites for hydroxylation is 1. The van der Waals surface area contributed by atoms with Crippen LogP contribution in [0.3, 0.4) is 0 Å². The molecular formula is C16H21F2NO2. The minimum atomic E-state index is -0.467. The largest absolute Gasteiger partial charge is 0.393 e. The Morgan fingerprint density at radius 3 is 2.86 bits per heavy atom. The molecule has 0 bridgehead atoms. The second kappa shape index (κ2) is 7.50. The Labute approximate surface area is 123 Å². The van der Waals surface area contributed by atoms with Crippen LogP contribution in [0.2, 0.25) is 0 Å². The number of benzene rings is 1. The number of carbonyl (C=O) groups is 1. The van der Waals surface area contributed by atoms with Crippen LogP contribution in [-0.4, -0.2) is 23.7 Å². The predicted octanol–water partition coefficient (Wildman–Crippen LogP) is 2.56. The van der Waals surface area contributed by atoms with Gasteiger partial charge >= 0.3 is 0 Å². The minimum absolute atomic E-state index is 0.106. The highest BCUT2D eigenvalue weighted by Gasteiger charge is 2.25. The summed E-state index contributed by atoms with van der Waals surface area (Å²) in [4.78, 5) is 11.7. The molecule has 1 aliphatic carbocycles. The van der Waals surface area contributed by atoms with Crippen molar-refractivity contribution in [3.05, 3.63) is 35.4 Å². The van der Waals surface area contributed by atoms with Gasteiger partial charge in [-0.3, -0.25) is 4.79 Å². The van der Waals surface area contributed by atoms with Crippen molar-refractivity contribution in [2.45, 2.75) is 44.6 Å². The number of hydrogen-bond acceptors (Lipinski definition) is 2. The van der Waals surface area contributed by atoms with E-state index in [4.69, 9.17) is 0 Å². The average Bonchev–Trinajstić information content (AvgIpc) is 2.86. The smallest absolute Gasteiger partial charge is 0.220 e. The van der Waals surface area contributed by atoms with Gasteiger partial charge in [-0.25, -0.2) is 8.78 Å². The Morgan fingerprint density at radius 1 is 1.33 bits per heavy atom. The summed E-state index contributed by atoms with van der Waals surface area (Å²) in [5, 5.41) is 12.5. The van der Waals surface area contributed by atoms with Crippen LogP contribution in [0.5, 0.6) is 0 Å². The van der Waals surface area contributed by atoms with Crippen LogP contribution in [0.15, 0.2) is 18.2 Å². The van der Waals surface area contributed by atoms with Gasteiger partial charge in [0, 0.05) is 18.9 Å². The molecule has 1 saturated carbocycles. The number of amides is 1. The SMILES string of the molecule is O=C(CCCc1cc(F)ccc1F)NCC1CCCC1O. The zero-order valence-corrected chi connectivity index (χ0v) is 11.9. The quantitative estimate of drug-likeness (QED) is 0.848. The summed E-state index contributed by atoms with van der Waals surface area (Å²) in [6.45, 7) is 0.494. The van der Waals surface area contributed by atoms with Gasteiger partial charge in [0.15, 0.2) is 0 Å². The zero-order valence-electron chi connectivity index (χ0n) is 11.9. The van der Waals surface area contributed by atoms with E-state index in [0.717, 1.165) is 31.4 Å². The third kappa shape index (κ3) is 4.77. The second-order valence-corrected chi connectivity index (χ2v) is 5.65. The molecule has 2 N–H and O–H groups in total. The Hall–Kier alpha value is -1.49. The van der Waals surface area contributed by atoms with Crippen LogP contribution < -0.4 is 5.32 Å². The van der Waals surface area contributed by atoms with Gasteiger partial charge in [0.25, 0.3) is 0 Å². The van der Waals surface area contributed by atoms with Crippen molar-refractivity contribution < 1.29 is 18.7 Å². The number of aliphatic hydroxyl groups is 1. The van der Waals surface area contributed by atoms with Crippen LogP contribution in [-0.2, 0) is 11.2 Å². The van der Waals surface area contributed by atoms with Gasteiger partial charge in [-0.1, -0.05) is 6.42 Å². The second-order valence-electron chi connectivity index (χ2n) is 5.65. The standard InChI is InChI=1S/C16H21F2NO2/c17-13-7-8-14(18)11(9-13)3-2-6-16(21)19-10-12-4-1-5-15(12)20/h7-9,12,15,20H,1-6,10H2,(H,19,21). The molecule has 2 rings (SSSR count). The maximum absolute atomic E-state index is 13.4. The molecule has 0 saturated heterocycles. The van der Waals surface area contributed by atoms with E-state index in [1.165, 1.54) is 6.07 Å². The van der Waals surface area contributed by atoms with Crippen LogP contribution in [0, 0.1) is 17.6 Å². The summed E-state index contributed by atoms with van der Waals surface area (Å²) in [5.74, 6) is -0.863. The number of rotatable bonds is 6. The van der Waals surface area contributed by atoms with Gasteiger partial charge < -0.3 is 10.4 Å². The van der Waals surface area contributed by atoms with Crippen LogP contribution in [0.25, 0.3) is 0 Å². The summed E-state index contributed by atoms with van der Waals surface area (Å²) in [6, 6.07) is 3.35. The molecule has 1 aromatic carbocycles. The third-order valence-corrected chi connectivity index (χ3v) is 4.04.